The Kier molecular flexibility index (Phi) is 55.7. The highest BCUT2D eigenvalue weighted by molar-refractivity contribution is 5.71. The number of hydrogen-bond donors (Lipinski definition) is 0. The highest BCUT2D eigenvalue weighted by Crippen LogP contribution is 2.17. The molecule has 0 spiro atoms. The maximum Gasteiger partial charge on any atom is 0.306 e. The first kappa shape index (κ1) is 66.4. The minimum Gasteiger partial charge on any atom is -0.462 e. The van der Waals surface area contributed by atoms with Crippen molar-refractivity contribution in [2.24, 2.45) is 0 Å². The smallest absolute Gasteiger partial charge is 0.306 e. The molecular formula is C63H114O6. The lowest BCUT2D eigenvalue weighted by Gasteiger charge is -2.18. The van der Waals surface area contributed by atoms with Gasteiger partial charge in [-0.1, -0.05) is 268 Å². The summed E-state index contributed by atoms with van der Waals surface area (Å²) in [5.74, 6) is -0.865. The van der Waals surface area contributed by atoms with Crippen LogP contribution >= 0.6 is 0 Å². The normalized spacial score (nSPS) is 12.3. The SMILES string of the molecule is CC/C=C\C/C=C\C/C=C\CCCCCCCCCCCC(=O)OCC(COC(=O)CCCCCCCCCCCCCCCCC)OC(=O)CCCCCCCCC/C=C\CCCCCCCC. The van der Waals surface area contributed by atoms with Crippen molar-refractivity contribution < 1.29 is 28.6 Å². The Morgan fingerprint density at radius 3 is 0.899 bits per heavy atom. The molecule has 0 saturated heterocycles. The van der Waals surface area contributed by atoms with Crippen LogP contribution in [0.3, 0.4) is 0 Å². The van der Waals surface area contributed by atoms with Crippen molar-refractivity contribution in [1.82, 2.24) is 0 Å². The van der Waals surface area contributed by atoms with Gasteiger partial charge in [-0.05, 0) is 77.0 Å². The summed E-state index contributed by atoms with van der Waals surface area (Å²) in [4.78, 5) is 38.2. The molecule has 0 aromatic carbocycles. The number of rotatable bonds is 55. The second-order valence-electron chi connectivity index (χ2n) is 20.2. The van der Waals surface area contributed by atoms with Crippen molar-refractivity contribution in [3.63, 3.8) is 0 Å². The monoisotopic (exact) mass is 967 g/mol. The van der Waals surface area contributed by atoms with Crippen LogP contribution in [0.25, 0.3) is 0 Å². The van der Waals surface area contributed by atoms with E-state index in [2.05, 4.69) is 69.4 Å². The Labute approximate surface area is 428 Å². The molecule has 6 heteroatoms. The Balaban J connectivity index is 4.35. The molecule has 0 aromatic heterocycles. The Hall–Kier alpha value is -2.63. The molecule has 0 aliphatic rings. The average molecular weight is 968 g/mol. The van der Waals surface area contributed by atoms with Gasteiger partial charge in [-0.2, -0.15) is 0 Å². The van der Waals surface area contributed by atoms with E-state index in [0.717, 1.165) is 77.0 Å². The van der Waals surface area contributed by atoms with Crippen LogP contribution in [0.5, 0.6) is 0 Å². The van der Waals surface area contributed by atoms with Crippen molar-refractivity contribution in [3.05, 3.63) is 48.6 Å². The third-order valence-electron chi connectivity index (χ3n) is 13.3. The zero-order chi connectivity index (χ0) is 50.0. The maximum absolute atomic E-state index is 12.9. The lowest BCUT2D eigenvalue weighted by Crippen LogP contribution is -2.30. The molecule has 0 bridgehead atoms. The topological polar surface area (TPSA) is 78.9 Å². The molecule has 6 nitrogen and oxygen atoms in total. The van der Waals surface area contributed by atoms with Gasteiger partial charge >= 0.3 is 17.9 Å². The van der Waals surface area contributed by atoms with Crippen molar-refractivity contribution in [1.29, 1.82) is 0 Å². The number of carbonyl (C=O) groups excluding carboxylic acids is 3. The lowest BCUT2D eigenvalue weighted by molar-refractivity contribution is -0.167. The second kappa shape index (κ2) is 57.9. The van der Waals surface area contributed by atoms with Gasteiger partial charge in [0.1, 0.15) is 13.2 Å². The molecule has 0 aliphatic carbocycles. The van der Waals surface area contributed by atoms with Crippen molar-refractivity contribution >= 4 is 17.9 Å². The summed E-state index contributed by atoms with van der Waals surface area (Å²) in [6, 6.07) is 0. The van der Waals surface area contributed by atoms with Gasteiger partial charge < -0.3 is 14.2 Å². The van der Waals surface area contributed by atoms with Gasteiger partial charge in [0.25, 0.3) is 0 Å². The molecule has 0 amide bonds. The van der Waals surface area contributed by atoms with Gasteiger partial charge in [0.2, 0.25) is 0 Å². The molecule has 0 aliphatic heterocycles. The van der Waals surface area contributed by atoms with Crippen LogP contribution in [0.1, 0.15) is 316 Å². The third-order valence-corrected chi connectivity index (χ3v) is 13.3. The fraction of sp³-hybridized carbons (Fsp3) is 0.825. The summed E-state index contributed by atoms with van der Waals surface area (Å²) in [5.41, 5.74) is 0. The van der Waals surface area contributed by atoms with Crippen LogP contribution < -0.4 is 0 Å². The van der Waals surface area contributed by atoms with E-state index in [1.807, 2.05) is 0 Å². The van der Waals surface area contributed by atoms with Crippen LogP contribution in [0.2, 0.25) is 0 Å². The van der Waals surface area contributed by atoms with Crippen molar-refractivity contribution in [3.8, 4) is 0 Å². The molecule has 1 unspecified atom stereocenters. The van der Waals surface area contributed by atoms with Gasteiger partial charge in [0.15, 0.2) is 6.10 Å². The third kappa shape index (κ3) is 56.2. The second-order valence-corrected chi connectivity index (χ2v) is 20.2. The fourth-order valence-electron chi connectivity index (χ4n) is 8.81. The summed E-state index contributed by atoms with van der Waals surface area (Å²) in [5, 5.41) is 0. The number of ether oxygens (including phenoxy) is 3. The van der Waals surface area contributed by atoms with Crippen LogP contribution in [0.4, 0.5) is 0 Å². The van der Waals surface area contributed by atoms with Crippen LogP contribution in [-0.2, 0) is 28.6 Å². The number of hydrogen-bond acceptors (Lipinski definition) is 6. The fourth-order valence-corrected chi connectivity index (χ4v) is 8.81. The van der Waals surface area contributed by atoms with E-state index in [1.54, 1.807) is 0 Å². The molecule has 0 rings (SSSR count). The molecular weight excluding hydrogens is 853 g/mol. The Morgan fingerprint density at radius 2 is 0.565 bits per heavy atom. The van der Waals surface area contributed by atoms with Gasteiger partial charge in [0, 0.05) is 19.3 Å². The van der Waals surface area contributed by atoms with E-state index in [1.165, 1.54) is 199 Å². The number of unbranched alkanes of at least 4 members (excludes halogenated alkanes) is 36. The first-order valence-electron chi connectivity index (χ1n) is 30.1. The largest absolute Gasteiger partial charge is 0.462 e. The van der Waals surface area contributed by atoms with Crippen LogP contribution in [0.15, 0.2) is 48.6 Å². The zero-order valence-electron chi connectivity index (χ0n) is 46.1. The summed E-state index contributed by atoms with van der Waals surface area (Å²) < 4.78 is 16.9. The minimum atomic E-state index is -0.776. The Morgan fingerprint density at radius 1 is 0.304 bits per heavy atom. The van der Waals surface area contributed by atoms with Gasteiger partial charge in [-0.15, -0.1) is 0 Å². The molecule has 0 heterocycles. The van der Waals surface area contributed by atoms with E-state index in [4.69, 9.17) is 14.2 Å². The number of allylic oxidation sites excluding steroid dienone is 8. The first-order chi connectivity index (χ1) is 34.0. The Bertz CT molecular complexity index is 1200. The quantitative estimate of drug-likeness (QED) is 0.0262. The summed E-state index contributed by atoms with van der Waals surface area (Å²) in [6.07, 6.45) is 71.0. The molecule has 402 valence electrons. The molecule has 0 N–H and O–H groups in total. The summed E-state index contributed by atoms with van der Waals surface area (Å²) in [7, 11) is 0. The van der Waals surface area contributed by atoms with Crippen LogP contribution in [-0.4, -0.2) is 37.2 Å². The van der Waals surface area contributed by atoms with Gasteiger partial charge in [0.05, 0.1) is 0 Å². The highest BCUT2D eigenvalue weighted by atomic mass is 16.6. The van der Waals surface area contributed by atoms with E-state index in [-0.39, 0.29) is 31.1 Å². The zero-order valence-corrected chi connectivity index (χ0v) is 46.1. The summed E-state index contributed by atoms with van der Waals surface area (Å²) in [6.45, 7) is 6.56. The lowest BCUT2D eigenvalue weighted by atomic mass is 10.0. The van der Waals surface area contributed by atoms with Crippen molar-refractivity contribution in [2.75, 3.05) is 13.2 Å². The first-order valence-corrected chi connectivity index (χ1v) is 30.1. The number of esters is 3. The summed E-state index contributed by atoms with van der Waals surface area (Å²) >= 11 is 0. The standard InChI is InChI=1S/C63H114O6/c1-4-7-10-13-16-19-22-25-28-30-31-33-35-38-41-44-47-50-53-56-62(65)68-59-60(58-67-61(64)55-52-49-46-43-40-37-34-27-24-21-18-15-12-9-6-3)69-63(66)57-54-51-48-45-42-39-36-32-29-26-23-20-17-14-11-8-5-2/h7,10,16,19,25-26,28-29,60H,4-6,8-9,11-15,17-18,20-24,27,30-59H2,1-3H3/b10-7-,19-16-,28-25-,29-26-. The molecule has 0 saturated carbocycles. The van der Waals surface area contributed by atoms with E-state index < -0.39 is 6.10 Å². The maximum atomic E-state index is 12.9. The predicted molar refractivity (Wildman–Crippen MR) is 298 cm³/mol. The number of carbonyl (C=O) groups is 3. The highest BCUT2D eigenvalue weighted by Gasteiger charge is 2.19. The molecule has 0 fully saturated rings. The molecule has 69 heavy (non-hydrogen) atoms. The van der Waals surface area contributed by atoms with Gasteiger partial charge in [-0.3, -0.25) is 14.4 Å². The average Bonchev–Trinajstić information content (AvgIpc) is 3.35. The van der Waals surface area contributed by atoms with E-state index in [9.17, 15) is 14.4 Å². The van der Waals surface area contributed by atoms with Crippen molar-refractivity contribution in [2.45, 2.75) is 322 Å². The molecule has 1 atom stereocenters. The van der Waals surface area contributed by atoms with E-state index in [0.29, 0.717) is 19.3 Å². The predicted octanol–water partition coefficient (Wildman–Crippen LogP) is 20.2. The van der Waals surface area contributed by atoms with Crippen LogP contribution in [0, 0.1) is 0 Å². The molecule has 0 radical (unpaired) electrons. The minimum absolute atomic E-state index is 0.0729. The molecule has 0 aromatic rings. The van der Waals surface area contributed by atoms with E-state index >= 15 is 0 Å². The van der Waals surface area contributed by atoms with Gasteiger partial charge in [-0.25, -0.2) is 0 Å².